The van der Waals surface area contributed by atoms with Crippen molar-refractivity contribution >= 4 is 41.5 Å². The van der Waals surface area contributed by atoms with E-state index in [1.54, 1.807) is 6.26 Å². The molecule has 38 heavy (non-hydrogen) atoms. The number of hydrogen-bond acceptors (Lipinski definition) is 12. The van der Waals surface area contributed by atoms with Crippen LogP contribution in [0.3, 0.4) is 0 Å². The van der Waals surface area contributed by atoms with Gasteiger partial charge in [0, 0.05) is 34.2 Å². The molecule has 2 aliphatic rings. The number of thioether (sulfide) groups is 1. The standard InChI is InChI=1S/C25H40N2O10S/c1-9-10-18-11-19(27(7)12-18)23(32)26-25(13(2)33-14(3)28)22(36-17(6)31)20(34-15(4)29)21(35-16(5)30)24(37-25)38-8/h13,18-22,24H,9-12H2,1-8H3,(H,26,32)/t13-,18+,19+,20-,21+,22+,24+,25+/m0/s1. The molecule has 0 aromatic carbocycles. The van der Waals surface area contributed by atoms with Crippen LogP contribution in [0.5, 0.6) is 0 Å². The molecule has 0 unspecified atom stereocenters. The van der Waals surface area contributed by atoms with Gasteiger partial charge in [0.1, 0.15) is 5.44 Å². The average Bonchev–Trinajstić information content (AvgIpc) is 3.16. The molecule has 13 heteroatoms. The van der Waals surface area contributed by atoms with Crippen LogP contribution in [0.2, 0.25) is 0 Å². The molecule has 12 nitrogen and oxygen atoms in total. The van der Waals surface area contributed by atoms with Crippen LogP contribution in [-0.2, 0) is 47.7 Å². The quantitative estimate of drug-likeness (QED) is 0.304. The van der Waals surface area contributed by atoms with E-state index in [9.17, 15) is 24.0 Å². The van der Waals surface area contributed by atoms with E-state index in [1.165, 1.54) is 20.8 Å². The molecule has 2 saturated heterocycles. The van der Waals surface area contributed by atoms with Gasteiger partial charge in [-0.25, -0.2) is 0 Å². The van der Waals surface area contributed by atoms with Gasteiger partial charge in [-0.05, 0) is 39.0 Å². The van der Waals surface area contributed by atoms with Crippen molar-refractivity contribution in [1.82, 2.24) is 10.2 Å². The number of nitrogens with one attached hydrogen (secondary N) is 1. The summed E-state index contributed by atoms with van der Waals surface area (Å²) in [5.41, 5.74) is -2.98. The number of nitrogens with zero attached hydrogens (tertiary/aromatic N) is 1. The van der Waals surface area contributed by atoms with Crippen LogP contribution in [0.15, 0.2) is 0 Å². The van der Waals surface area contributed by atoms with Crippen LogP contribution < -0.4 is 5.32 Å². The molecule has 0 spiro atoms. The van der Waals surface area contributed by atoms with Crippen LogP contribution in [0.25, 0.3) is 0 Å². The van der Waals surface area contributed by atoms with E-state index in [-0.39, 0.29) is 0 Å². The van der Waals surface area contributed by atoms with Crippen LogP contribution >= 0.6 is 11.8 Å². The second-order valence-corrected chi connectivity index (χ2v) is 10.7. The predicted octanol–water partition coefficient (Wildman–Crippen LogP) is 1.39. The number of likely N-dealkylation sites (tertiary alicyclic amines) is 1. The molecular formula is C25H40N2O10S. The van der Waals surface area contributed by atoms with Crippen molar-refractivity contribution in [1.29, 1.82) is 0 Å². The Balaban J connectivity index is 2.64. The van der Waals surface area contributed by atoms with Crippen LogP contribution in [-0.4, -0.2) is 96.2 Å². The minimum atomic E-state index is -1.98. The fraction of sp³-hybridized carbons (Fsp3) is 0.800. The van der Waals surface area contributed by atoms with Crippen molar-refractivity contribution in [3.8, 4) is 0 Å². The van der Waals surface area contributed by atoms with Gasteiger partial charge in [-0.1, -0.05) is 13.3 Å². The van der Waals surface area contributed by atoms with Gasteiger partial charge >= 0.3 is 23.9 Å². The molecule has 2 fully saturated rings. The first-order chi connectivity index (χ1) is 17.7. The van der Waals surface area contributed by atoms with Crippen molar-refractivity contribution in [2.24, 2.45) is 5.92 Å². The maximum absolute atomic E-state index is 13.8. The highest BCUT2D eigenvalue weighted by atomic mass is 32.2. The molecule has 8 atom stereocenters. The van der Waals surface area contributed by atoms with Gasteiger partial charge < -0.3 is 29.0 Å². The highest BCUT2D eigenvalue weighted by molar-refractivity contribution is 7.99. The summed E-state index contributed by atoms with van der Waals surface area (Å²) in [6.07, 6.45) is -1.13. The van der Waals surface area contributed by atoms with E-state index in [0.29, 0.717) is 12.3 Å². The lowest BCUT2D eigenvalue weighted by molar-refractivity contribution is -0.293. The molecule has 2 aliphatic heterocycles. The van der Waals surface area contributed by atoms with E-state index in [1.807, 2.05) is 11.9 Å². The Hall–Kier alpha value is -2.38. The van der Waals surface area contributed by atoms with Crippen molar-refractivity contribution in [2.75, 3.05) is 19.8 Å². The number of carbonyl (C=O) groups is 5. The minimum absolute atomic E-state index is 0.320. The number of rotatable bonds is 10. The SMILES string of the molecule is CCC[C@@H]1C[C@H](C(=O)N[C@]2([C@H](C)OC(C)=O)O[C@H](SC)[C@H](OC(C)=O)[C@H](OC(C)=O)[C@H]2OC(C)=O)N(C)C1. The summed E-state index contributed by atoms with van der Waals surface area (Å²) < 4.78 is 28.5. The fourth-order valence-electron chi connectivity index (χ4n) is 5.22. The molecule has 216 valence electrons. The van der Waals surface area contributed by atoms with Gasteiger partial charge in [0.05, 0.1) is 6.04 Å². The highest BCUT2D eigenvalue weighted by Gasteiger charge is 2.64. The average molecular weight is 561 g/mol. The lowest BCUT2D eigenvalue weighted by atomic mass is 9.88. The summed E-state index contributed by atoms with van der Waals surface area (Å²) in [5.74, 6) is -3.01. The van der Waals surface area contributed by atoms with Crippen molar-refractivity contribution in [3.63, 3.8) is 0 Å². The minimum Gasteiger partial charge on any atom is -0.458 e. The molecule has 0 radical (unpaired) electrons. The van der Waals surface area contributed by atoms with Gasteiger partial charge in [-0.3, -0.25) is 28.9 Å². The van der Waals surface area contributed by atoms with Gasteiger partial charge in [0.2, 0.25) is 11.6 Å². The maximum Gasteiger partial charge on any atom is 0.303 e. The summed E-state index contributed by atoms with van der Waals surface area (Å²) in [6.45, 7) is 8.94. The van der Waals surface area contributed by atoms with Crippen LogP contribution in [0.1, 0.15) is 60.8 Å². The topological polar surface area (TPSA) is 147 Å². The van der Waals surface area contributed by atoms with Crippen molar-refractivity contribution in [2.45, 2.75) is 102 Å². The van der Waals surface area contributed by atoms with Gasteiger partial charge in [-0.2, -0.15) is 0 Å². The lowest BCUT2D eigenvalue weighted by Crippen LogP contribution is -2.77. The third-order valence-corrected chi connectivity index (χ3v) is 7.48. The van der Waals surface area contributed by atoms with Crippen LogP contribution in [0.4, 0.5) is 0 Å². The fourth-order valence-corrected chi connectivity index (χ4v) is 5.95. The summed E-state index contributed by atoms with van der Waals surface area (Å²) in [7, 11) is 1.84. The normalized spacial score (nSPS) is 32.1. The number of esters is 4. The number of hydrogen-bond donors (Lipinski definition) is 1. The van der Waals surface area contributed by atoms with E-state index in [4.69, 9.17) is 23.7 Å². The molecule has 1 amide bonds. The molecule has 0 saturated carbocycles. The summed E-state index contributed by atoms with van der Waals surface area (Å²) in [5, 5.41) is 2.87. The van der Waals surface area contributed by atoms with E-state index in [0.717, 1.165) is 45.0 Å². The molecule has 2 heterocycles. The van der Waals surface area contributed by atoms with E-state index < -0.39 is 71.4 Å². The molecule has 2 rings (SSSR count). The Morgan fingerprint density at radius 2 is 1.58 bits per heavy atom. The first kappa shape index (κ1) is 31.8. The zero-order valence-electron chi connectivity index (χ0n) is 23.3. The molecular weight excluding hydrogens is 520 g/mol. The Bertz CT molecular complexity index is 901. The number of carbonyl (C=O) groups excluding carboxylic acids is 5. The summed E-state index contributed by atoms with van der Waals surface area (Å²) in [4.78, 5) is 64.2. The van der Waals surface area contributed by atoms with Crippen molar-refractivity contribution < 1.29 is 47.7 Å². The molecule has 0 bridgehead atoms. The summed E-state index contributed by atoms with van der Waals surface area (Å²) in [6, 6.07) is -0.527. The third kappa shape index (κ3) is 7.60. The second kappa shape index (κ2) is 13.6. The smallest absolute Gasteiger partial charge is 0.303 e. The zero-order valence-corrected chi connectivity index (χ0v) is 24.1. The summed E-state index contributed by atoms with van der Waals surface area (Å²) >= 11 is 1.12. The van der Waals surface area contributed by atoms with Gasteiger partial charge in [0.25, 0.3) is 0 Å². The van der Waals surface area contributed by atoms with Crippen molar-refractivity contribution in [3.05, 3.63) is 0 Å². The van der Waals surface area contributed by atoms with E-state index >= 15 is 0 Å². The Morgan fingerprint density at radius 1 is 1.00 bits per heavy atom. The number of ether oxygens (including phenoxy) is 5. The Labute approximate surface area is 227 Å². The van der Waals surface area contributed by atoms with E-state index in [2.05, 4.69) is 12.2 Å². The maximum atomic E-state index is 13.8. The number of amides is 1. The largest absolute Gasteiger partial charge is 0.458 e. The lowest BCUT2D eigenvalue weighted by Gasteiger charge is -2.52. The molecule has 0 aromatic heterocycles. The molecule has 0 aromatic rings. The Morgan fingerprint density at radius 3 is 2.08 bits per heavy atom. The van der Waals surface area contributed by atoms with Gasteiger partial charge in [-0.15, -0.1) is 11.8 Å². The predicted molar refractivity (Wildman–Crippen MR) is 137 cm³/mol. The first-order valence-corrected chi connectivity index (χ1v) is 14.0. The monoisotopic (exact) mass is 560 g/mol. The zero-order chi connectivity index (χ0) is 28.8. The second-order valence-electron chi connectivity index (χ2n) is 9.78. The first-order valence-electron chi connectivity index (χ1n) is 12.7. The molecule has 0 aliphatic carbocycles. The highest BCUT2D eigenvalue weighted by Crippen LogP contribution is 2.41. The van der Waals surface area contributed by atoms with Crippen LogP contribution in [0, 0.1) is 5.92 Å². The Kier molecular flexibility index (Phi) is 11.4. The third-order valence-electron chi connectivity index (χ3n) is 6.65. The number of likely N-dealkylation sites (N-methyl/N-ethyl adjacent to an activating group) is 1. The molecule has 1 N–H and O–H groups in total. The van der Waals surface area contributed by atoms with Gasteiger partial charge in [0.15, 0.2) is 24.4 Å².